The zero-order chi connectivity index (χ0) is 12.8. The van der Waals surface area contributed by atoms with Gasteiger partial charge in [0.05, 0.1) is 11.9 Å². The maximum absolute atomic E-state index is 5.65. The van der Waals surface area contributed by atoms with E-state index in [1.165, 1.54) is 4.90 Å². The van der Waals surface area contributed by atoms with E-state index in [9.17, 15) is 0 Å². The molecule has 1 aromatic heterocycles. The largest absolute Gasteiger partial charge is 0.437 e. The molecule has 94 valence electrons. The van der Waals surface area contributed by atoms with Crippen molar-refractivity contribution in [1.29, 1.82) is 0 Å². The summed E-state index contributed by atoms with van der Waals surface area (Å²) < 4.78 is 5.65. The molecule has 0 aliphatic carbocycles. The van der Waals surface area contributed by atoms with Crippen molar-refractivity contribution in [3.05, 3.63) is 42.4 Å². The molecule has 1 N–H and O–H groups in total. The lowest BCUT2D eigenvalue weighted by Crippen LogP contribution is -2.07. The predicted octanol–water partition coefficient (Wildman–Crippen LogP) is 2.71. The minimum Gasteiger partial charge on any atom is -0.437 e. The van der Waals surface area contributed by atoms with E-state index < -0.39 is 0 Å². The van der Waals surface area contributed by atoms with Gasteiger partial charge in [-0.15, -0.1) is 11.8 Å². The van der Waals surface area contributed by atoms with Crippen LogP contribution in [0.4, 0.5) is 0 Å². The van der Waals surface area contributed by atoms with Crippen LogP contribution in [0.1, 0.15) is 5.69 Å². The average molecular weight is 261 g/mol. The minimum absolute atomic E-state index is 0.514. The molecule has 0 aliphatic heterocycles. The number of hydrogen-bond donors (Lipinski definition) is 1. The number of aromatic nitrogens is 2. The van der Waals surface area contributed by atoms with Crippen molar-refractivity contribution in [1.82, 2.24) is 15.3 Å². The van der Waals surface area contributed by atoms with E-state index in [1.807, 2.05) is 37.6 Å². The van der Waals surface area contributed by atoms with Crippen LogP contribution >= 0.6 is 11.8 Å². The van der Waals surface area contributed by atoms with Gasteiger partial charge in [-0.2, -0.15) is 0 Å². The molecule has 0 atom stereocenters. The first kappa shape index (κ1) is 12.9. The van der Waals surface area contributed by atoms with Gasteiger partial charge in [0.1, 0.15) is 5.75 Å². The van der Waals surface area contributed by atoms with Crippen LogP contribution in [0, 0.1) is 0 Å². The molecular formula is C13H15N3OS. The Morgan fingerprint density at radius 3 is 2.67 bits per heavy atom. The first-order valence-electron chi connectivity index (χ1n) is 5.59. The molecule has 0 aliphatic rings. The first-order chi connectivity index (χ1) is 8.81. The topological polar surface area (TPSA) is 47.0 Å². The lowest BCUT2D eigenvalue weighted by atomic mass is 10.3. The fourth-order valence-corrected chi connectivity index (χ4v) is 1.87. The van der Waals surface area contributed by atoms with Crippen LogP contribution in [-0.4, -0.2) is 23.3 Å². The third kappa shape index (κ3) is 3.45. The van der Waals surface area contributed by atoms with Crippen LogP contribution in [0.3, 0.4) is 0 Å². The Morgan fingerprint density at radius 2 is 2.00 bits per heavy atom. The maximum Gasteiger partial charge on any atom is 0.238 e. The summed E-state index contributed by atoms with van der Waals surface area (Å²) in [5, 5.41) is 3.03. The van der Waals surface area contributed by atoms with Gasteiger partial charge in [0, 0.05) is 17.6 Å². The Hall–Kier alpha value is -1.59. The molecule has 1 aromatic carbocycles. The highest BCUT2D eigenvalue weighted by molar-refractivity contribution is 7.98. The summed E-state index contributed by atoms with van der Waals surface area (Å²) in [4.78, 5) is 9.66. The summed E-state index contributed by atoms with van der Waals surface area (Å²) in [6, 6.07) is 7.90. The van der Waals surface area contributed by atoms with Crippen LogP contribution in [-0.2, 0) is 6.54 Å². The molecule has 0 spiro atoms. The number of nitrogens with one attached hydrogen (secondary N) is 1. The van der Waals surface area contributed by atoms with Gasteiger partial charge in [0.15, 0.2) is 0 Å². The minimum atomic E-state index is 0.514. The molecule has 1 heterocycles. The molecule has 4 nitrogen and oxygen atoms in total. The smallest absolute Gasteiger partial charge is 0.238 e. The van der Waals surface area contributed by atoms with Gasteiger partial charge in [0.25, 0.3) is 0 Å². The fraction of sp³-hybridized carbons (Fsp3) is 0.231. The second-order valence-corrected chi connectivity index (χ2v) is 4.54. The SMILES string of the molecule is CNCc1cncc(Oc2ccc(SC)cc2)n1. The first-order valence-corrected chi connectivity index (χ1v) is 6.81. The highest BCUT2D eigenvalue weighted by Crippen LogP contribution is 2.22. The Bertz CT molecular complexity index is 502. The molecule has 18 heavy (non-hydrogen) atoms. The van der Waals surface area contributed by atoms with Gasteiger partial charge in [-0.3, -0.25) is 4.98 Å². The highest BCUT2D eigenvalue weighted by atomic mass is 32.2. The molecule has 0 saturated carbocycles. The van der Waals surface area contributed by atoms with E-state index >= 15 is 0 Å². The standard InChI is InChI=1S/C13H15N3OS/c1-14-7-10-8-15-9-13(16-10)17-11-3-5-12(18-2)6-4-11/h3-6,8-9,14H,7H2,1-2H3. The van der Waals surface area contributed by atoms with Crippen molar-refractivity contribution >= 4 is 11.8 Å². The Kier molecular flexibility index (Phi) is 4.55. The van der Waals surface area contributed by atoms with Crippen LogP contribution in [0.2, 0.25) is 0 Å². The summed E-state index contributed by atoms with van der Waals surface area (Å²) in [5.41, 5.74) is 0.857. The van der Waals surface area contributed by atoms with E-state index in [0.717, 1.165) is 11.4 Å². The number of benzene rings is 1. The average Bonchev–Trinajstić information content (AvgIpc) is 2.40. The number of hydrogen-bond acceptors (Lipinski definition) is 5. The number of ether oxygens (including phenoxy) is 1. The second kappa shape index (κ2) is 6.37. The van der Waals surface area contributed by atoms with Gasteiger partial charge < -0.3 is 10.1 Å². The van der Waals surface area contributed by atoms with E-state index in [4.69, 9.17) is 4.74 Å². The second-order valence-electron chi connectivity index (χ2n) is 3.66. The predicted molar refractivity (Wildman–Crippen MR) is 73.1 cm³/mol. The molecular weight excluding hydrogens is 246 g/mol. The molecule has 0 unspecified atom stereocenters. The van der Waals surface area contributed by atoms with E-state index in [1.54, 1.807) is 24.2 Å². The zero-order valence-electron chi connectivity index (χ0n) is 10.4. The van der Waals surface area contributed by atoms with Gasteiger partial charge in [0.2, 0.25) is 5.88 Å². The van der Waals surface area contributed by atoms with Crippen LogP contribution < -0.4 is 10.1 Å². The number of nitrogens with zero attached hydrogens (tertiary/aromatic N) is 2. The van der Waals surface area contributed by atoms with E-state index in [2.05, 4.69) is 15.3 Å². The molecule has 0 fully saturated rings. The maximum atomic E-state index is 5.65. The van der Waals surface area contributed by atoms with Gasteiger partial charge in [-0.05, 0) is 37.6 Å². The summed E-state index contributed by atoms with van der Waals surface area (Å²) >= 11 is 1.70. The van der Waals surface area contributed by atoms with Crippen molar-refractivity contribution in [2.45, 2.75) is 11.4 Å². The Morgan fingerprint density at radius 1 is 1.22 bits per heavy atom. The van der Waals surface area contributed by atoms with Gasteiger partial charge in [-0.1, -0.05) is 0 Å². The van der Waals surface area contributed by atoms with Crippen molar-refractivity contribution < 1.29 is 4.74 Å². The molecule has 0 radical (unpaired) electrons. The molecule has 0 amide bonds. The number of thioether (sulfide) groups is 1. The molecule has 2 aromatic rings. The normalized spacial score (nSPS) is 10.3. The van der Waals surface area contributed by atoms with Crippen molar-refractivity contribution in [2.75, 3.05) is 13.3 Å². The summed E-state index contributed by atoms with van der Waals surface area (Å²) in [6.45, 7) is 0.676. The van der Waals surface area contributed by atoms with Crippen LogP contribution in [0.15, 0.2) is 41.6 Å². The van der Waals surface area contributed by atoms with Gasteiger partial charge >= 0.3 is 0 Å². The van der Waals surface area contributed by atoms with Gasteiger partial charge in [-0.25, -0.2) is 4.98 Å². The summed E-state index contributed by atoms with van der Waals surface area (Å²) in [5.74, 6) is 1.28. The Balaban J connectivity index is 2.09. The van der Waals surface area contributed by atoms with Crippen molar-refractivity contribution in [2.24, 2.45) is 0 Å². The van der Waals surface area contributed by atoms with Crippen molar-refractivity contribution in [3.63, 3.8) is 0 Å². The molecule has 2 rings (SSSR count). The monoisotopic (exact) mass is 261 g/mol. The molecule has 5 heteroatoms. The highest BCUT2D eigenvalue weighted by Gasteiger charge is 2.01. The Labute approximate surface area is 111 Å². The number of rotatable bonds is 5. The lowest BCUT2D eigenvalue weighted by molar-refractivity contribution is 0.456. The van der Waals surface area contributed by atoms with Crippen LogP contribution in [0.5, 0.6) is 11.6 Å². The fourth-order valence-electron chi connectivity index (χ4n) is 1.47. The third-order valence-corrected chi connectivity index (χ3v) is 3.05. The molecule has 0 bridgehead atoms. The summed E-state index contributed by atoms with van der Waals surface area (Å²) in [6.07, 6.45) is 5.38. The molecule has 0 saturated heterocycles. The van der Waals surface area contributed by atoms with Crippen molar-refractivity contribution in [3.8, 4) is 11.6 Å². The van der Waals surface area contributed by atoms with E-state index in [-0.39, 0.29) is 0 Å². The quantitative estimate of drug-likeness (QED) is 0.839. The lowest BCUT2D eigenvalue weighted by Gasteiger charge is -2.06. The summed E-state index contributed by atoms with van der Waals surface area (Å²) in [7, 11) is 1.87. The zero-order valence-corrected chi connectivity index (χ0v) is 11.2. The van der Waals surface area contributed by atoms with E-state index in [0.29, 0.717) is 12.4 Å². The third-order valence-electron chi connectivity index (χ3n) is 2.30. The van der Waals surface area contributed by atoms with Crippen LogP contribution in [0.25, 0.3) is 0 Å².